The van der Waals surface area contributed by atoms with Crippen molar-refractivity contribution in [2.45, 2.75) is 62.0 Å². The minimum Gasteiger partial charge on any atom is -0.497 e. The van der Waals surface area contributed by atoms with Crippen LogP contribution in [0.2, 0.25) is 0 Å². The summed E-state index contributed by atoms with van der Waals surface area (Å²) in [6.07, 6.45) is 5.24. The lowest BCUT2D eigenvalue weighted by Gasteiger charge is -2.35. The van der Waals surface area contributed by atoms with Crippen LogP contribution in [0.5, 0.6) is 11.5 Å². The molecule has 1 N–H and O–H groups in total. The lowest BCUT2D eigenvalue weighted by Crippen LogP contribution is -2.55. The third kappa shape index (κ3) is 8.74. The lowest BCUT2D eigenvalue weighted by molar-refractivity contribution is -0.140. The molecule has 1 aliphatic rings. The van der Waals surface area contributed by atoms with E-state index in [4.69, 9.17) is 9.47 Å². The van der Waals surface area contributed by atoms with Crippen molar-refractivity contribution in [1.82, 2.24) is 10.2 Å². The van der Waals surface area contributed by atoms with Gasteiger partial charge in [0.15, 0.2) is 0 Å². The van der Waals surface area contributed by atoms with Crippen molar-refractivity contribution in [1.29, 1.82) is 0 Å². The number of nitrogens with zero attached hydrogens (tertiary/aromatic N) is 2. The number of carbonyl (C=O) groups excluding carboxylic acids is 2. The zero-order chi connectivity index (χ0) is 33.9. The number of amides is 2. The van der Waals surface area contributed by atoms with E-state index in [0.717, 1.165) is 47.5 Å². The van der Waals surface area contributed by atoms with Gasteiger partial charge in [-0.3, -0.25) is 13.9 Å². The molecule has 2 amide bonds. The number of benzene rings is 4. The van der Waals surface area contributed by atoms with Crippen LogP contribution < -0.4 is 19.1 Å². The average Bonchev–Trinajstić information content (AvgIpc) is 3.13. The van der Waals surface area contributed by atoms with Gasteiger partial charge in [0.25, 0.3) is 10.0 Å². The molecular weight excluding hydrogens is 627 g/mol. The maximum Gasteiger partial charge on any atom is 0.264 e. The van der Waals surface area contributed by atoms with Crippen LogP contribution in [-0.4, -0.2) is 58.0 Å². The SMILES string of the molecule is COc1ccc(S(=O)(=O)N(CC(=O)N(Cc2cccc(OC)c2)[C@H](Cc2ccccc2)C(=O)NC2CCCCC2)c2ccccc2)cc1. The molecule has 9 nitrogen and oxygen atoms in total. The second-order valence-electron chi connectivity index (χ2n) is 11.9. The molecule has 0 radical (unpaired) electrons. The van der Waals surface area contributed by atoms with Crippen molar-refractivity contribution in [3.8, 4) is 11.5 Å². The Labute approximate surface area is 283 Å². The Balaban J connectivity index is 1.55. The van der Waals surface area contributed by atoms with E-state index in [1.54, 1.807) is 49.6 Å². The van der Waals surface area contributed by atoms with Crippen LogP contribution in [0.15, 0.2) is 114 Å². The van der Waals surface area contributed by atoms with Gasteiger partial charge in [0.2, 0.25) is 11.8 Å². The number of ether oxygens (including phenoxy) is 2. The molecule has 4 aromatic carbocycles. The monoisotopic (exact) mass is 669 g/mol. The number of para-hydroxylation sites is 1. The summed E-state index contributed by atoms with van der Waals surface area (Å²) in [6.45, 7) is -0.457. The molecule has 0 heterocycles. The van der Waals surface area contributed by atoms with E-state index in [9.17, 15) is 18.0 Å². The van der Waals surface area contributed by atoms with E-state index < -0.39 is 28.5 Å². The van der Waals surface area contributed by atoms with Crippen molar-refractivity contribution in [2.75, 3.05) is 25.1 Å². The molecule has 48 heavy (non-hydrogen) atoms. The fourth-order valence-corrected chi connectivity index (χ4v) is 7.48. The Bertz CT molecular complexity index is 1740. The number of anilines is 1. The number of sulfonamides is 1. The molecular formula is C38H43N3O6S. The van der Waals surface area contributed by atoms with E-state index in [1.165, 1.54) is 24.1 Å². The van der Waals surface area contributed by atoms with Gasteiger partial charge in [-0.2, -0.15) is 0 Å². The summed E-state index contributed by atoms with van der Waals surface area (Å²) in [7, 11) is -1.13. The van der Waals surface area contributed by atoms with Gasteiger partial charge in [-0.05, 0) is 72.5 Å². The van der Waals surface area contributed by atoms with E-state index in [1.807, 2.05) is 54.6 Å². The maximum atomic E-state index is 14.7. The van der Waals surface area contributed by atoms with Gasteiger partial charge in [-0.1, -0.05) is 79.9 Å². The molecule has 0 unspecified atom stereocenters. The van der Waals surface area contributed by atoms with Gasteiger partial charge in [-0.15, -0.1) is 0 Å². The van der Waals surface area contributed by atoms with Crippen LogP contribution in [0.3, 0.4) is 0 Å². The van der Waals surface area contributed by atoms with Crippen LogP contribution in [-0.2, 0) is 32.6 Å². The minimum absolute atomic E-state index is 0.00942. The number of carbonyl (C=O) groups is 2. The fourth-order valence-electron chi connectivity index (χ4n) is 6.06. The smallest absolute Gasteiger partial charge is 0.264 e. The van der Waals surface area contributed by atoms with E-state index in [0.29, 0.717) is 17.2 Å². The molecule has 252 valence electrons. The average molecular weight is 670 g/mol. The summed E-state index contributed by atoms with van der Waals surface area (Å²) < 4.78 is 40.2. The molecule has 4 aromatic rings. The standard InChI is InChI=1S/C38H43N3O6S/c1-46-33-21-23-35(24-22-33)48(44,45)41(32-18-10-5-11-19-32)28-37(42)40(27-30-15-12-20-34(25-30)47-2)36(26-29-13-6-3-7-14-29)38(43)39-31-16-8-4-9-17-31/h3,5-7,10-15,18-25,31,36H,4,8-9,16-17,26-28H2,1-2H3,(H,39,43)/t36-/m1/s1. The van der Waals surface area contributed by atoms with E-state index >= 15 is 0 Å². The van der Waals surface area contributed by atoms with Crippen molar-refractivity contribution in [3.63, 3.8) is 0 Å². The molecule has 1 fully saturated rings. The summed E-state index contributed by atoms with van der Waals surface area (Å²) in [5.74, 6) is 0.345. The third-order valence-electron chi connectivity index (χ3n) is 8.68. The normalized spacial score (nSPS) is 14.0. The zero-order valence-corrected chi connectivity index (χ0v) is 28.3. The first-order valence-corrected chi connectivity index (χ1v) is 17.7. The molecule has 5 rings (SSSR count). The molecule has 1 aliphatic carbocycles. The van der Waals surface area contributed by atoms with Crippen molar-refractivity contribution in [3.05, 3.63) is 120 Å². The largest absolute Gasteiger partial charge is 0.497 e. The first-order chi connectivity index (χ1) is 23.3. The van der Waals surface area contributed by atoms with Crippen LogP contribution in [0.1, 0.15) is 43.2 Å². The molecule has 10 heteroatoms. The van der Waals surface area contributed by atoms with E-state index in [2.05, 4.69) is 5.32 Å². The van der Waals surface area contributed by atoms with Gasteiger partial charge < -0.3 is 19.7 Å². The molecule has 0 aliphatic heterocycles. The highest BCUT2D eigenvalue weighted by Crippen LogP contribution is 2.27. The van der Waals surface area contributed by atoms with Crippen LogP contribution in [0.25, 0.3) is 0 Å². The maximum absolute atomic E-state index is 14.7. The number of rotatable bonds is 14. The minimum atomic E-state index is -4.21. The number of hydrogen-bond donors (Lipinski definition) is 1. The zero-order valence-electron chi connectivity index (χ0n) is 27.5. The number of nitrogens with one attached hydrogen (secondary N) is 1. The molecule has 1 saturated carbocycles. The Hall–Kier alpha value is -4.83. The second kappa shape index (κ2) is 16.3. The predicted molar refractivity (Wildman–Crippen MR) is 186 cm³/mol. The highest BCUT2D eigenvalue weighted by molar-refractivity contribution is 7.92. The highest BCUT2D eigenvalue weighted by atomic mass is 32.2. The quantitative estimate of drug-likeness (QED) is 0.177. The Morgan fingerprint density at radius 1 is 0.771 bits per heavy atom. The number of hydrogen-bond acceptors (Lipinski definition) is 6. The van der Waals surface area contributed by atoms with Crippen LogP contribution in [0, 0.1) is 0 Å². The fraction of sp³-hybridized carbons (Fsp3) is 0.316. The second-order valence-corrected chi connectivity index (χ2v) is 13.8. The third-order valence-corrected chi connectivity index (χ3v) is 10.5. The molecule has 0 bridgehead atoms. The summed E-state index contributed by atoms with van der Waals surface area (Å²) in [4.78, 5) is 30.4. The van der Waals surface area contributed by atoms with Gasteiger partial charge in [0.05, 0.1) is 24.8 Å². The van der Waals surface area contributed by atoms with Gasteiger partial charge in [-0.25, -0.2) is 8.42 Å². The van der Waals surface area contributed by atoms with Gasteiger partial charge in [0.1, 0.15) is 24.1 Å². The first kappa shape index (κ1) is 34.5. The Kier molecular flexibility index (Phi) is 11.7. The van der Waals surface area contributed by atoms with Crippen LogP contribution >= 0.6 is 0 Å². The molecule has 0 saturated heterocycles. The first-order valence-electron chi connectivity index (χ1n) is 16.3. The summed E-state index contributed by atoms with van der Waals surface area (Å²) in [5.41, 5.74) is 1.96. The Morgan fingerprint density at radius 2 is 1.40 bits per heavy atom. The van der Waals surface area contributed by atoms with Crippen molar-refractivity contribution < 1.29 is 27.5 Å². The topological polar surface area (TPSA) is 105 Å². The van der Waals surface area contributed by atoms with Crippen molar-refractivity contribution >= 4 is 27.5 Å². The summed E-state index contributed by atoms with van der Waals surface area (Å²) >= 11 is 0. The van der Waals surface area contributed by atoms with E-state index in [-0.39, 0.29) is 29.8 Å². The highest BCUT2D eigenvalue weighted by Gasteiger charge is 2.35. The van der Waals surface area contributed by atoms with Gasteiger partial charge >= 0.3 is 0 Å². The van der Waals surface area contributed by atoms with Crippen molar-refractivity contribution in [2.24, 2.45) is 0 Å². The lowest BCUT2D eigenvalue weighted by atomic mass is 9.94. The Morgan fingerprint density at radius 3 is 2.04 bits per heavy atom. The van der Waals surface area contributed by atoms with Gasteiger partial charge in [0, 0.05) is 19.0 Å². The number of methoxy groups -OCH3 is 2. The molecule has 1 atom stereocenters. The molecule has 0 aromatic heterocycles. The predicted octanol–water partition coefficient (Wildman–Crippen LogP) is 5.99. The summed E-state index contributed by atoms with van der Waals surface area (Å²) in [6, 6.07) is 30.6. The summed E-state index contributed by atoms with van der Waals surface area (Å²) in [5, 5.41) is 3.23. The van der Waals surface area contributed by atoms with Crippen LogP contribution in [0.4, 0.5) is 5.69 Å². The molecule has 0 spiro atoms.